The number of hydrogen-bond donors (Lipinski definition) is 2. The van der Waals surface area contributed by atoms with E-state index in [4.69, 9.17) is 39.8 Å². The summed E-state index contributed by atoms with van der Waals surface area (Å²) in [6.45, 7) is 1.97. The zero-order valence-electron chi connectivity index (χ0n) is 17.9. The highest BCUT2D eigenvalue weighted by Gasteiger charge is 2.15. The van der Waals surface area contributed by atoms with E-state index in [1.165, 1.54) is 0 Å². The van der Waals surface area contributed by atoms with Gasteiger partial charge in [-0.2, -0.15) is 0 Å². The Bertz CT molecular complexity index is 1600. The predicted molar refractivity (Wildman–Crippen MR) is 142 cm³/mol. The Hall–Kier alpha value is -3.45. The molecular weight excluding hydrogens is 489 g/mol. The van der Waals surface area contributed by atoms with Gasteiger partial charge in [0.25, 0.3) is 5.91 Å². The number of carbonyl (C=O) groups excluding carboxylic acids is 1. The first-order chi connectivity index (χ1) is 16.4. The summed E-state index contributed by atoms with van der Waals surface area (Å²) in [5.41, 5.74) is 4.16. The lowest BCUT2D eigenvalue weighted by atomic mass is 10.0. The molecule has 5 rings (SSSR count). The highest BCUT2D eigenvalue weighted by atomic mass is 35.5. The van der Waals surface area contributed by atoms with Gasteiger partial charge in [0, 0.05) is 21.7 Å². The van der Waals surface area contributed by atoms with E-state index >= 15 is 0 Å². The molecule has 0 fully saturated rings. The van der Waals surface area contributed by atoms with Gasteiger partial charge in [-0.05, 0) is 72.6 Å². The molecule has 0 unspecified atom stereocenters. The van der Waals surface area contributed by atoms with Gasteiger partial charge in [0.2, 0.25) is 5.89 Å². The number of halogens is 2. The minimum Gasteiger partial charge on any atom is -0.436 e. The molecule has 168 valence electrons. The van der Waals surface area contributed by atoms with Gasteiger partial charge in [0.05, 0.1) is 10.6 Å². The number of nitrogens with one attached hydrogen (secondary N) is 2. The fourth-order valence-corrected chi connectivity index (χ4v) is 4.48. The third-order valence-electron chi connectivity index (χ3n) is 5.34. The molecule has 0 aliphatic heterocycles. The van der Waals surface area contributed by atoms with Crippen LogP contribution in [0.2, 0.25) is 10.0 Å². The van der Waals surface area contributed by atoms with Crippen LogP contribution in [0, 0.1) is 6.92 Å². The van der Waals surface area contributed by atoms with E-state index in [-0.39, 0.29) is 11.0 Å². The quantitative estimate of drug-likeness (QED) is 0.250. The molecule has 0 saturated carbocycles. The van der Waals surface area contributed by atoms with E-state index in [0.717, 1.165) is 21.9 Å². The number of fused-ring (bicyclic) bond motifs is 2. The van der Waals surface area contributed by atoms with Crippen LogP contribution in [0.5, 0.6) is 0 Å². The number of hydrogen-bond acceptors (Lipinski definition) is 4. The zero-order chi connectivity index (χ0) is 23.8. The fourth-order valence-electron chi connectivity index (χ4n) is 3.72. The molecule has 0 saturated heterocycles. The Balaban J connectivity index is 1.35. The minimum atomic E-state index is -0.329. The lowest BCUT2D eigenvalue weighted by Crippen LogP contribution is -2.34. The van der Waals surface area contributed by atoms with E-state index in [1.807, 2.05) is 43.3 Å². The van der Waals surface area contributed by atoms with Crippen molar-refractivity contribution in [1.82, 2.24) is 10.3 Å². The summed E-state index contributed by atoms with van der Waals surface area (Å²) in [6, 6.07) is 21.9. The molecule has 34 heavy (non-hydrogen) atoms. The molecule has 1 heterocycles. The van der Waals surface area contributed by atoms with Crippen LogP contribution in [0.25, 0.3) is 33.3 Å². The first kappa shape index (κ1) is 22.3. The van der Waals surface area contributed by atoms with Crippen LogP contribution < -0.4 is 10.6 Å². The number of thiocarbonyl (C=S) groups is 1. The summed E-state index contributed by atoms with van der Waals surface area (Å²) in [6.07, 6.45) is 0. The average molecular weight is 506 g/mol. The Kier molecular flexibility index (Phi) is 5.96. The molecule has 0 spiro atoms. The van der Waals surface area contributed by atoms with Crippen LogP contribution in [0.15, 0.2) is 77.2 Å². The molecule has 0 aliphatic carbocycles. The van der Waals surface area contributed by atoms with E-state index < -0.39 is 0 Å². The third kappa shape index (κ3) is 4.35. The van der Waals surface area contributed by atoms with Crippen molar-refractivity contribution in [3.63, 3.8) is 0 Å². The highest BCUT2D eigenvalue weighted by Crippen LogP contribution is 2.31. The van der Waals surface area contributed by atoms with E-state index in [9.17, 15) is 4.79 Å². The summed E-state index contributed by atoms with van der Waals surface area (Å²) in [4.78, 5) is 17.4. The number of aryl methyl sites for hydroxylation is 1. The van der Waals surface area contributed by atoms with Crippen molar-refractivity contribution < 1.29 is 9.21 Å². The maximum atomic E-state index is 12.9. The predicted octanol–water partition coefficient (Wildman–Crippen LogP) is 7.39. The normalized spacial score (nSPS) is 11.0. The van der Waals surface area contributed by atoms with Gasteiger partial charge >= 0.3 is 0 Å². The average Bonchev–Trinajstić information content (AvgIpc) is 3.22. The molecule has 8 heteroatoms. The molecule has 0 bridgehead atoms. The molecule has 1 aromatic heterocycles. The zero-order valence-corrected chi connectivity index (χ0v) is 20.2. The molecule has 2 N–H and O–H groups in total. The molecule has 1 amide bonds. The van der Waals surface area contributed by atoms with Gasteiger partial charge in [0.15, 0.2) is 10.7 Å². The molecule has 0 atom stereocenters. The minimum absolute atomic E-state index is 0.161. The number of carbonyl (C=O) groups is 1. The van der Waals surface area contributed by atoms with Gasteiger partial charge in [-0.25, -0.2) is 4.98 Å². The topological polar surface area (TPSA) is 67.2 Å². The maximum Gasteiger partial charge on any atom is 0.258 e. The second kappa shape index (κ2) is 9.06. The molecule has 4 aromatic carbocycles. The summed E-state index contributed by atoms with van der Waals surface area (Å²) in [7, 11) is 0. The van der Waals surface area contributed by atoms with Crippen LogP contribution in [0.3, 0.4) is 0 Å². The van der Waals surface area contributed by atoms with Crippen molar-refractivity contribution in [2.24, 2.45) is 0 Å². The summed E-state index contributed by atoms with van der Waals surface area (Å²) >= 11 is 18.0. The van der Waals surface area contributed by atoms with E-state index in [1.54, 1.807) is 36.4 Å². The van der Waals surface area contributed by atoms with Crippen LogP contribution in [0.1, 0.15) is 15.9 Å². The van der Waals surface area contributed by atoms with Gasteiger partial charge in [-0.1, -0.05) is 53.5 Å². The number of anilines is 1. The SMILES string of the molecule is Cc1ccc(-c2nc3cc(NC(=S)NC(=O)c4cccc5c(Cl)cccc45)ccc3o2)c(Cl)c1. The second-order valence-corrected chi connectivity index (χ2v) is 8.96. The van der Waals surface area contributed by atoms with Crippen LogP contribution in [0.4, 0.5) is 5.69 Å². The number of rotatable bonds is 3. The van der Waals surface area contributed by atoms with Crippen molar-refractivity contribution in [2.45, 2.75) is 6.92 Å². The lowest BCUT2D eigenvalue weighted by molar-refractivity contribution is 0.0979. The van der Waals surface area contributed by atoms with Gasteiger partial charge < -0.3 is 9.73 Å². The number of benzene rings is 4. The highest BCUT2D eigenvalue weighted by molar-refractivity contribution is 7.80. The number of nitrogens with zero attached hydrogens (tertiary/aromatic N) is 1. The second-order valence-electron chi connectivity index (χ2n) is 7.73. The van der Waals surface area contributed by atoms with Crippen LogP contribution >= 0.6 is 35.4 Å². The molecule has 0 aliphatic rings. The van der Waals surface area contributed by atoms with E-state index in [2.05, 4.69) is 15.6 Å². The van der Waals surface area contributed by atoms with Crippen LogP contribution in [-0.4, -0.2) is 16.0 Å². The van der Waals surface area contributed by atoms with Crippen molar-refractivity contribution in [3.05, 3.63) is 94.0 Å². The monoisotopic (exact) mass is 505 g/mol. The van der Waals surface area contributed by atoms with Gasteiger partial charge in [0.1, 0.15) is 5.52 Å². The summed E-state index contributed by atoms with van der Waals surface area (Å²) < 4.78 is 5.87. The number of amides is 1. The van der Waals surface area contributed by atoms with Crippen molar-refractivity contribution in [2.75, 3.05) is 5.32 Å². The Morgan fingerprint density at radius 1 is 0.941 bits per heavy atom. The van der Waals surface area contributed by atoms with Crippen LogP contribution in [-0.2, 0) is 0 Å². The van der Waals surface area contributed by atoms with Crippen molar-refractivity contribution in [3.8, 4) is 11.5 Å². The van der Waals surface area contributed by atoms with Crippen molar-refractivity contribution in [1.29, 1.82) is 0 Å². The Labute approximate surface area is 210 Å². The van der Waals surface area contributed by atoms with Gasteiger partial charge in [-0.3, -0.25) is 10.1 Å². The maximum absolute atomic E-state index is 12.9. The Morgan fingerprint density at radius 3 is 2.56 bits per heavy atom. The lowest BCUT2D eigenvalue weighted by Gasteiger charge is -2.11. The van der Waals surface area contributed by atoms with Crippen molar-refractivity contribution >= 4 is 74.0 Å². The van der Waals surface area contributed by atoms with E-state index in [0.29, 0.717) is 38.3 Å². The summed E-state index contributed by atoms with van der Waals surface area (Å²) in [5, 5.41) is 8.62. The summed E-state index contributed by atoms with van der Waals surface area (Å²) in [5.74, 6) is 0.104. The Morgan fingerprint density at radius 2 is 1.74 bits per heavy atom. The standard InChI is InChI=1S/C26H17Cl2N3O2S/c1-14-8-10-19(21(28)12-14)25-30-22-13-15(9-11-23(22)33-25)29-26(34)31-24(32)18-6-2-5-17-16(18)4-3-7-20(17)27/h2-13H,1H3,(H2,29,31,32,34). The third-order valence-corrected chi connectivity index (χ3v) is 6.19. The smallest absolute Gasteiger partial charge is 0.258 e. The molecule has 5 nitrogen and oxygen atoms in total. The number of oxazole rings is 1. The van der Waals surface area contributed by atoms with Gasteiger partial charge in [-0.15, -0.1) is 0 Å². The first-order valence-corrected chi connectivity index (χ1v) is 11.5. The molecular formula is C26H17Cl2N3O2S. The largest absolute Gasteiger partial charge is 0.436 e. The molecule has 0 radical (unpaired) electrons. The number of aromatic nitrogens is 1. The fraction of sp³-hybridized carbons (Fsp3) is 0.0385. The first-order valence-electron chi connectivity index (χ1n) is 10.4. The molecule has 5 aromatic rings.